The molecule has 3 nitrogen and oxygen atoms in total. The number of rotatable bonds is 3. The Morgan fingerprint density at radius 2 is 1.84 bits per heavy atom. The van der Waals surface area contributed by atoms with Gasteiger partial charge in [-0.2, -0.15) is 0 Å². The second-order valence-electron chi connectivity index (χ2n) is 5.70. The summed E-state index contributed by atoms with van der Waals surface area (Å²) in [5, 5.41) is 0.813. The van der Waals surface area contributed by atoms with Crippen LogP contribution in [0.2, 0.25) is 5.02 Å². The van der Waals surface area contributed by atoms with Crippen molar-refractivity contribution >= 4 is 17.6 Å². The second kappa shape index (κ2) is 5.41. The predicted octanol–water partition coefficient (Wildman–Crippen LogP) is 2.85. The van der Waals surface area contributed by atoms with Crippen LogP contribution in [-0.4, -0.2) is 50.5 Å². The van der Waals surface area contributed by atoms with Crippen molar-refractivity contribution in [2.75, 3.05) is 34.7 Å². The molecule has 1 aliphatic rings. The van der Waals surface area contributed by atoms with E-state index in [-0.39, 0.29) is 5.41 Å². The van der Waals surface area contributed by atoms with Gasteiger partial charge in [-0.1, -0.05) is 23.7 Å². The van der Waals surface area contributed by atoms with Crippen molar-refractivity contribution in [1.29, 1.82) is 0 Å². The first-order valence-corrected chi connectivity index (χ1v) is 6.97. The lowest BCUT2D eigenvalue weighted by atomic mass is 9.96. The molecule has 1 fully saturated rings. The van der Waals surface area contributed by atoms with Crippen molar-refractivity contribution in [2.45, 2.75) is 18.3 Å². The van der Waals surface area contributed by atoms with Crippen LogP contribution in [0.5, 0.6) is 0 Å². The normalized spacial score (nSPS) is 15.8. The molecule has 0 heterocycles. The summed E-state index contributed by atoms with van der Waals surface area (Å²) in [4.78, 5) is 8.89. The molecule has 1 aromatic rings. The van der Waals surface area contributed by atoms with Crippen LogP contribution < -0.4 is 0 Å². The highest BCUT2D eigenvalue weighted by Crippen LogP contribution is 2.48. The minimum Gasteiger partial charge on any atom is -0.349 e. The molecule has 0 aromatic heterocycles. The van der Waals surface area contributed by atoms with Gasteiger partial charge in [0.25, 0.3) is 0 Å². The van der Waals surface area contributed by atoms with Crippen LogP contribution in [0, 0.1) is 0 Å². The van der Waals surface area contributed by atoms with Crippen LogP contribution in [0.25, 0.3) is 0 Å². The lowest BCUT2D eigenvalue weighted by Gasteiger charge is -2.24. The Morgan fingerprint density at radius 3 is 2.32 bits per heavy atom. The molecule has 0 bridgehead atoms. The summed E-state index contributed by atoms with van der Waals surface area (Å²) in [5.41, 5.74) is 1.53. The van der Waals surface area contributed by atoms with E-state index in [9.17, 15) is 0 Å². The summed E-state index contributed by atoms with van der Waals surface area (Å²) in [5.74, 6) is 1.01. The van der Waals surface area contributed by atoms with Crippen molar-refractivity contribution in [3.8, 4) is 0 Å². The van der Waals surface area contributed by atoms with Gasteiger partial charge in [-0.25, -0.2) is 0 Å². The lowest BCUT2D eigenvalue weighted by molar-refractivity contribution is 0.476. The molecule has 1 aromatic carbocycles. The smallest absolute Gasteiger partial charge is 0.195 e. The van der Waals surface area contributed by atoms with E-state index in [1.165, 1.54) is 18.4 Å². The molecule has 0 unspecified atom stereocenters. The summed E-state index contributed by atoms with van der Waals surface area (Å²) in [6, 6.07) is 8.20. The van der Waals surface area contributed by atoms with Crippen LogP contribution in [0.1, 0.15) is 18.4 Å². The Morgan fingerprint density at radius 1 is 1.21 bits per heavy atom. The zero-order chi connectivity index (χ0) is 14.0. The largest absolute Gasteiger partial charge is 0.349 e. The summed E-state index contributed by atoms with van der Waals surface area (Å²) in [7, 11) is 8.10. The zero-order valence-corrected chi connectivity index (χ0v) is 12.9. The maximum Gasteiger partial charge on any atom is 0.195 e. The molecule has 104 valence electrons. The van der Waals surface area contributed by atoms with Gasteiger partial charge in [0.2, 0.25) is 0 Å². The van der Waals surface area contributed by atoms with Crippen molar-refractivity contribution < 1.29 is 0 Å². The fraction of sp³-hybridized carbons (Fsp3) is 0.533. The van der Waals surface area contributed by atoms with Crippen molar-refractivity contribution in [2.24, 2.45) is 4.99 Å². The number of aliphatic imine (C=N–C) groups is 1. The highest BCUT2D eigenvalue weighted by atomic mass is 35.5. The van der Waals surface area contributed by atoms with Gasteiger partial charge >= 0.3 is 0 Å². The second-order valence-corrected chi connectivity index (χ2v) is 6.13. The highest BCUT2D eigenvalue weighted by Gasteiger charge is 2.44. The summed E-state index contributed by atoms with van der Waals surface area (Å²) in [6.07, 6.45) is 2.40. The number of nitrogens with zero attached hydrogens (tertiary/aromatic N) is 3. The molecule has 0 N–H and O–H groups in total. The van der Waals surface area contributed by atoms with Gasteiger partial charge in [-0.05, 0) is 30.5 Å². The van der Waals surface area contributed by atoms with E-state index in [0.717, 1.165) is 17.5 Å². The molecule has 0 atom stereocenters. The molecule has 0 spiro atoms. The number of halogens is 1. The minimum absolute atomic E-state index is 0.210. The van der Waals surface area contributed by atoms with E-state index in [0.29, 0.717) is 0 Å². The Labute approximate surface area is 120 Å². The van der Waals surface area contributed by atoms with Crippen molar-refractivity contribution in [3.63, 3.8) is 0 Å². The highest BCUT2D eigenvalue weighted by molar-refractivity contribution is 6.30. The number of hydrogen-bond donors (Lipinski definition) is 0. The third-order valence-electron chi connectivity index (χ3n) is 3.61. The van der Waals surface area contributed by atoms with Gasteiger partial charge < -0.3 is 9.80 Å². The van der Waals surface area contributed by atoms with Gasteiger partial charge in [0, 0.05) is 38.6 Å². The van der Waals surface area contributed by atoms with E-state index < -0.39 is 0 Å². The first kappa shape index (κ1) is 14.2. The molecule has 1 saturated carbocycles. The van der Waals surface area contributed by atoms with Gasteiger partial charge in [-0.15, -0.1) is 0 Å². The Balaban J connectivity index is 2.16. The summed E-state index contributed by atoms with van der Waals surface area (Å²) in [6.45, 7) is 0.832. The average Bonchev–Trinajstić information content (AvgIpc) is 3.09. The van der Waals surface area contributed by atoms with Crippen LogP contribution in [0.3, 0.4) is 0 Å². The fourth-order valence-corrected chi connectivity index (χ4v) is 2.60. The fourth-order valence-electron chi connectivity index (χ4n) is 2.41. The molecular weight excluding hydrogens is 258 g/mol. The molecular formula is C15H22ClN3. The Hall–Kier alpha value is -1.22. The number of hydrogen-bond acceptors (Lipinski definition) is 1. The monoisotopic (exact) mass is 279 g/mol. The molecule has 4 heteroatoms. The zero-order valence-electron chi connectivity index (χ0n) is 12.2. The van der Waals surface area contributed by atoms with Gasteiger partial charge in [0.15, 0.2) is 5.96 Å². The first-order valence-electron chi connectivity index (χ1n) is 6.60. The molecule has 2 rings (SSSR count). The molecule has 1 aliphatic carbocycles. The molecule has 0 saturated heterocycles. The van der Waals surface area contributed by atoms with E-state index in [1.807, 2.05) is 50.1 Å². The quantitative estimate of drug-likeness (QED) is 0.626. The van der Waals surface area contributed by atoms with E-state index in [4.69, 9.17) is 16.6 Å². The van der Waals surface area contributed by atoms with Crippen LogP contribution in [0.15, 0.2) is 29.3 Å². The van der Waals surface area contributed by atoms with E-state index in [2.05, 4.69) is 12.1 Å². The average molecular weight is 280 g/mol. The minimum atomic E-state index is 0.210. The van der Waals surface area contributed by atoms with E-state index in [1.54, 1.807) is 0 Å². The Bertz CT molecular complexity index is 466. The topological polar surface area (TPSA) is 18.8 Å². The number of guanidine groups is 1. The molecule has 0 radical (unpaired) electrons. The van der Waals surface area contributed by atoms with E-state index >= 15 is 0 Å². The molecule has 19 heavy (non-hydrogen) atoms. The third-order valence-corrected chi connectivity index (χ3v) is 3.85. The first-order chi connectivity index (χ1) is 8.94. The van der Waals surface area contributed by atoms with Crippen LogP contribution in [0.4, 0.5) is 0 Å². The van der Waals surface area contributed by atoms with Crippen molar-refractivity contribution in [3.05, 3.63) is 34.9 Å². The van der Waals surface area contributed by atoms with Crippen LogP contribution in [-0.2, 0) is 5.41 Å². The number of benzene rings is 1. The standard InChI is InChI=1S/C15H22ClN3/c1-18(2)14(19(3)4)17-11-15(8-9-15)12-6-5-7-13(16)10-12/h5-7,10H,8-9,11H2,1-4H3. The van der Waals surface area contributed by atoms with Gasteiger partial charge in [0.05, 0.1) is 6.54 Å². The third kappa shape index (κ3) is 3.21. The lowest BCUT2D eigenvalue weighted by Crippen LogP contribution is -2.36. The Kier molecular flexibility index (Phi) is 4.04. The summed E-state index contributed by atoms with van der Waals surface area (Å²) >= 11 is 6.09. The van der Waals surface area contributed by atoms with Gasteiger partial charge in [-0.3, -0.25) is 4.99 Å². The predicted molar refractivity (Wildman–Crippen MR) is 82.0 cm³/mol. The van der Waals surface area contributed by atoms with Crippen LogP contribution >= 0.6 is 11.6 Å². The summed E-state index contributed by atoms with van der Waals surface area (Å²) < 4.78 is 0. The van der Waals surface area contributed by atoms with Crippen molar-refractivity contribution in [1.82, 2.24) is 9.80 Å². The molecule has 0 aliphatic heterocycles. The van der Waals surface area contributed by atoms with Gasteiger partial charge in [0.1, 0.15) is 0 Å². The maximum absolute atomic E-state index is 6.09. The maximum atomic E-state index is 6.09. The SMILES string of the molecule is CN(C)C(=NCC1(c2cccc(Cl)c2)CC1)N(C)C. The molecule has 0 amide bonds.